The van der Waals surface area contributed by atoms with Gasteiger partial charge in [0.2, 0.25) is 0 Å². The molecule has 0 fully saturated rings. The van der Waals surface area contributed by atoms with E-state index in [1.54, 1.807) is 0 Å². The molecule has 3 heteroatoms. The van der Waals surface area contributed by atoms with Crippen LogP contribution >= 0.6 is 0 Å². The first kappa shape index (κ1) is 17.3. The summed E-state index contributed by atoms with van der Waals surface area (Å²) in [4.78, 5) is 8.81. The lowest BCUT2D eigenvalue weighted by atomic mass is 9.81. The summed E-state index contributed by atoms with van der Waals surface area (Å²) in [5, 5.41) is 3.45. The van der Waals surface area contributed by atoms with Gasteiger partial charge in [0.15, 0.2) is 0 Å². The highest BCUT2D eigenvalue weighted by Gasteiger charge is 2.25. The molecular formula is C23H29N3. The standard InChI is InChI=1S/C23H29N3/c1-12(2)21-22(18-9-13(3)14(4)15(5)16(18)6)25-19-10-17-7-8-24-11-20(17)26-23(19)21/h9-10,12-13,24-25H,4,7-8,11H2,1-3,5-6H3. The Balaban J connectivity index is 1.97. The van der Waals surface area contributed by atoms with E-state index in [4.69, 9.17) is 4.98 Å². The number of nitrogens with zero attached hydrogens (tertiary/aromatic N) is 1. The Morgan fingerprint density at radius 2 is 2.00 bits per heavy atom. The summed E-state index contributed by atoms with van der Waals surface area (Å²) in [6.45, 7) is 17.4. The number of H-pyrrole nitrogens is 1. The summed E-state index contributed by atoms with van der Waals surface area (Å²) in [6.07, 6.45) is 3.42. The van der Waals surface area contributed by atoms with Crippen LogP contribution in [0.5, 0.6) is 0 Å². The lowest BCUT2D eigenvalue weighted by molar-refractivity contribution is 0.630. The summed E-state index contributed by atoms with van der Waals surface area (Å²) < 4.78 is 0. The highest BCUT2D eigenvalue weighted by atomic mass is 14.9. The van der Waals surface area contributed by atoms with Crippen LogP contribution in [-0.2, 0) is 13.0 Å². The summed E-state index contributed by atoms with van der Waals surface area (Å²) in [5.41, 5.74) is 12.7. The molecular weight excluding hydrogens is 318 g/mol. The van der Waals surface area contributed by atoms with E-state index in [-0.39, 0.29) is 0 Å². The van der Waals surface area contributed by atoms with Gasteiger partial charge in [-0.25, -0.2) is 4.98 Å². The number of aromatic amines is 1. The Morgan fingerprint density at radius 3 is 2.73 bits per heavy atom. The summed E-state index contributed by atoms with van der Waals surface area (Å²) in [6, 6.07) is 2.32. The third-order valence-corrected chi connectivity index (χ3v) is 6.10. The van der Waals surface area contributed by atoms with Gasteiger partial charge in [-0.05, 0) is 72.6 Å². The SMILES string of the molecule is C=C1C(C)=C(C)C(c2[nH]c3cc4c(nc3c2C(C)C)CNCC4)=CC1C. The molecule has 0 aromatic carbocycles. The van der Waals surface area contributed by atoms with Gasteiger partial charge in [-0.1, -0.05) is 33.4 Å². The number of pyridine rings is 1. The van der Waals surface area contributed by atoms with E-state index in [0.29, 0.717) is 11.8 Å². The molecule has 1 atom stereocenters. The third-order valence-electron chi connectivity index (χ3n) is 6.10. The summed E-state index contributed by atoms with van der Waals surface area (Å²) in [7, 11) is 0. The van der Waals surface area contributed by atoms with Gasteiger partial charge in [0.1, 0.15) is 0 Å². The minimum Gasteiger partial charge on any atom is -0.353 e. The fourth-order valence-corrected chi connectivity index (χ4v) is 4.32. The first-order valence-corrected chi connectivity index (χ1v) is 9.72. The van der Waals surface area contributed by atoms with Gasteiger partial charge < -0.3 is 10.3 Å². The third kappa shape index (κ3) is 2.57. The van der Waals surface area contributed by atoms with Crippen molar-refractivity contribution in [3.8, 4) is 0 Å². The van der Waals surface area contributed by atoms with E-state index >= 15 is 0 Å². The molecule has 26 heavy (non-hydrogen) atoms. The molecule has 0 spiro atoms. The average molecular weight is 348 g/mol. The first-order chi connectivity index (χ1) is 12.4. The normalized spacial score (nSPS) is 20.8. The molecule has 2 aromatic rings. The van der Waals surface area contributed by atoms with Gasteiger partial charge in [-0.2, -0.15) is 0 Å². The molecule has 0 bridgehead atoms. The van der Waals surface area contributed by atoms with Crippen LogP contribution in [0.15, 0.2) is 35.4 Å². The van der Waals surface area contributed by atoms with Gasteiger partial charge in [0, 0.05) is 12.1 Å². The molecule has 0 radical (unpaired) electrons. The molecule has 0 saturated heterocycles. The molecule has 1 aliphatic heterocycles. The Hall–Kier alpha value is -2.13. The smallest absolute Gasteiger partial charge is 0.0924 e. The van der Waals surface area contributed by atoms with Crippen molar-refractivity contribution in [3.05, 3.63) is 58.0 Å². The van der Waals surface area contributed by atoms with Crippen molar-refractivity contribution >= 4 is 16.6 Å². The largest absolute Gasteiger partial charge is 0.353 e. The van der Waals surface area contributed by atoms with Crippen molar-refractivity contribution < 1.29 is 0 Å². The number of allylic oxidation sites excluding steroid dienone is 5. The van der Waals surface area contributed by atoms with Crippen molar-refractivity contribution in [2.45, 2.75) is 53.5 Å². The Labute approximate surface area is 156 Å². The monoisotopic (exact) mass is 347 g/mol. The van der Waals surface area contributed by atoms with Crippen molar-refractivity contribution in [1.29, 1.82) is 0 Å². The zero-order chi connectivity index (χ0) is 18.6. The zero-order valence-corrected chi connectivity index (χ0v) is 16.6. The quantitative estimate of drug-likeness (QED) is 0.778. The van der Waals surface area contributed by atoms with Crippen molar-refractivity contribution in [1.82, 2.24) is 15.3 Å². The maximum Gasteiger partial charge on any atom is 0.0924 e. The molecule has 3 heterocycles. The number of aromatic nitrogens is 2. The molecule has 3 nitrogen and oxygen atoms in total. The molecule has 4 rings (SSSR count). The maximum absolute atomic E-state index is 5.08. The van der Waals surface area contributed by atoms with Crippen molar-refractivity contribution in [2.24, 2.45) is 5.92 Å². The minimum atomic E-state index is 0.366. The lowest BCUT2D eigenvalue weighted by Gasteiger charge is -2.24. The molecule has 1 aliphatic carbocycles. The maximum atomic E-state index is 5.08. The van der Waals surface area contributed by atoms with Crippen molar-refractivity contribution in [2.75, 3.05) is 6.54 Å². The fourth-order valence-electron chi connectivity index (χ4n) is 4.32. The number of hydrogen-bond donors (Lipinski definition) is 2. The van der Waals surface area contributed by atoms with Gasteiger partial charge in [-0.15, -0.1) is 0 Å². The Morgan fingerprint density at radius 1 is 1.23 bits per heavy atom. The summed E-state index contributed by atoms with van der Waals surface area (Å²) in [5.74, 6) is 0.778. The van der Waals surface area contributed by atoms with E-state index in [2.05, 4.69) is 63.6 Å². The second-order valence-corrected chi connectivity index (χ2v) is 8.13. The highest BCUT2D eigenvalue weighted by molar-refractivity contribution is 5.92. The van der Waals surface area contributed by atoms with E-state index in [1.165, 1.54) is 50.3 Å². The van der Waals surface area contributed by atoms with Crippen LogP contribution in [0, 0.1) is 5.92 Å². The molecule has 2 aromatic heterocycles. The van der Waals surface area contributed by atoms with Crippen molar-refractivity contribution in [3.63, 3.8) is 0 Å². The van der Waals surface area contributed by atoms with E-state index < -0.39 is 0 Å². The average Bonchev–Trinajstić information content (AvgIpc) is 2.99. The Kier molecular flexibility index (Phi) is 4.15. The predicted molar refractivity (Wildman–Crippen MR) is 110 cm³/mol. The lowest BCUT2D eigenvalue weighted by Crippen LogP contribution is -2.24. The highest BCUT2D eigenvalue weighted by Crippen LogP contribution is 2.41. The molecule has 0 saturated carbocycles. The molecule has 2 N–H and O–H groups in total. The number of rotatable bonds is 2. The minimum absolute atomic E-state index is 0.366. The van der Waals surface area contributed by atoms with Crippen LogP contribution in [-0.4, -0.2) is 16.5 Å². The molecule has 0 amide bonds. The van der Waals surface area contributed by atoms with Gasteiger partial charge >= 0.3 is 0 Å². The Bertz CT molecular complexity index is 969. The van der Waals surface area contributed by atoms with Crippen LogP contribution < -0.4 is 5.32 Å². The predicted octanol–water partition coefficient (Wildman–Crippen LogP) is 5.26. The van der Waals surface area contributed by atoms with Crippen LogP contribution in [0.4, 0.5) is 0 Å². The molecule has 136 valence electrons. The van der Waals surface area contributed by atoms with Crippen LogP contribution in [0.2, 0.25) is 0 Å². The van der Waals surface area contributed by atoms with Gasteiger partial charge in [0.25, 0.3) is 0 Å². The van der Waals surface area contributed by atoms with Crippen LogP contribution in [0.3, 0.4) is 0 Å². The number of hydrogen-bond acceptors (Lipinski definition) is 2. The zero-order valence-electron chi connectivity index (χ0n) is 16.6. The van der Waals surface area contributed by atoms with E-state index in [0.717, 1.165) is 25.0 Å². The van der Waals surface area contributed by atoms with E-state index in [9.17, 15) is 0 Å². The number of nitrogens with one attached hydrogen (secondary N) is 2. The topological polar surface area (TPSA) is 40.7 Å². The van der Waals surface area contributed by atoms with Gasteiger partial charge in [-0.3, -0.25) is 0 Å². The summed E-state index contributed by atoms with van der Waals surface area (Å²) >= 11 is 0. The van der Waals surface area contributed by atoms with Gasteiger partial charge in [0.05, 0.1) is 22.4 Å². The second kappa shape index (κ2) is 6.24. The second-order valence-electron chi connectivity index (χ2n) is 8.13. The molecule has 1 unspecified atom stereocenters. The van der Waals surface area contributed by atoms with Crippen LogP contribution in [0.25, 0.3) is 16.6 Å². The number of fused-ring (bicyclic) bond motifs is 2. The molecule has 2 aliphatic rings. The van der Waals surface area contributed by atoms with E-state index in [1.807, 2.05) is 0 Å². The van der Waals surface area contributed by atoms with Crippen LogP contribution in [0.1, 0.15) is 63.1 Å². The first-order valence-electron chi connectivity index (χ1n) is 9.72. The fraction of sp³-hybridized carbons (Fsp3) is 0.435.